The quantitative estimate of drug-likeness (QED) is 0.0212. The zero-order valence-corrected chi connectivity index (χ0v) is 53.2. The van der Waals surface area contributed by atoms with Crippen molar-refractivity contribution >= 4 is 19.7 Å². The molecule has 0 aromatic heterocycles. The number of esters is 1. The molecule has 1 N–H and O–H groups in total. The first-order valence-corrected chi connectivity index (χ1v) is 34.4. The first kappa shape index (κ1) is 76.2. The maximum atomic E-state index is 13.5. The Morgan fingerprint density at radius 3 is 1.18 bits per heavy atom. The molecule has 0 fully saturated rings. The summed E-state index contributed by atoms with van der Waals surface area (Å²) in [5, 5.41) is 3.03. The highest BCUT2D eigenvalue weighted by atomic mass is 31.2. The van der Waals surface area contributed by atoms with Crippen LogP contribution in [0.25, 0.3) is 0 Å². The largest absolute Gasteiger partial charge is 0.756 e. The van der Waals surface area contributed by atoms with Crippen LogP contribution in [0.3, 0.4) is 0 Å². The Balaban J connectivity index is 5.17. The monoisotopic (exact) mass is 1120 g/mol. The average Bonchev–Trinajstić information content (AvgIpc) is 3.41. The highest BCUT2D eigenvalue weighted by molar-refractivity contribution is 7.45. The number of hydrogen-bond donors (Lipinski definition) is 1. The van der Waals surface area contributed by atoms with E-state index in [2.05, 4.69) is 99.0 Å². The highest BCUT2D eigenvalue weighted by Crippen LogP contribution is 2.38. The summed E-state index contributed by atoms with van der Waals surface area (Å²) in [7, 11) is 1.17. The number of rotatable bonds is 59. The molecule has 0 aromatic rings. The molecule has 3 unspecified atom stereocenters. The Kier molecular flexibility index (Phi) is 56.3. The zero-order chi connectivity index (χ0) is 57.9. The molecule has 0 aliphatic heterocycles. The molecule has 458 valence electrons. The number of amides is 1. The molecule has 9 nitrogen and oxygen atoms in total. The number of quaternary nitrogens is 1. The van der Waals surface area contributed by atoms with Crippen LogP contribution in [0.1, 0.15) is 290 Å². The average molecular weight is 1130 g/mol. The van der Waals surface area contributed by atoms with Gasteiger partial charge in [-0.15, -0.1) is 0 Å². The number of allylic oxidation sites excluding steroid dienone is 13. The lowest BCUT2D eigenvalue weighted by atomic mass is 10.0. The molecule has 0 saturated heterocycles. The predicted molar refractivity (Wildman–Crippen MR) is 339 cm³/mol. The van der Waals surface area contributed by atoms with Gasteiger partial charge in [-0.05, 0) is 109 Å². The molecule has 0 aliphatic carbocycles. The van der Waals surface area contributed by atoms with E-state index in [0.29, 0.717) is 23.9 Å². The summed E-state index contributed by atoms with van der Waals surface area (Å²) >= 11 is 0. The fourth-order valence-corrected chi connectivity index (χ4v) is 9.91. The maximum Gasteiger partial charge on any atom is 0.306 e. The molecule has 0 aliphatic rings. The summed E-state index contributed by atoms with van der Waals surface area (Å²) < 4.78 is 30.3. The lowest BCUT2D eigenvalue weighted by molar-refractivity contribution is -0.870. The standard InChI is InChI=1S/C69H125N2O7P/c1-7-10-13-16-19-22-25-27-29-31-33-34-35-36-38-40-42-44-47-50-53-56-59-62-69(73)78-67(60-57-54-51-48-45-24-21-18-15-12-9-3)66(65-77-79(74,75)76-64-63-71(4,5)6)70-68(72)61-58-55-52-49-46-43-41-39-37-32-30-28-26-23-20-17-14-11-8-2/h19-20,22-23,27-30,33-34,36,38,57,60,66-67H,7-18,21,24-26,31-32,35,37,39-56,58-59,61-65H2,1-6H3,(H-,70,72,74,75)/b22-19-,23-20-,29-27-,30-28-,34-33-,38-36-,60-57+. The number of likely N-dealkylation sites (N-methyl/N-ethyl adjacent to an activating group) is 1. The lowest BCUT2D eigenvalue weighted by Gasteiger charge is -2.30. The number of phosphoric ester groups is 1. The van der Waals surface area contributed by atoms with Crippen molar-refractivity contribution in [2.24, 2.45) is 0 Å². The fourth-order valence-electron chi connectivity index (χ4n) is 9.18. The van der Waals surface area contributed by atoms with Crippen LogP contribution in [-0.2, 0) is 27.9 Å². The van der Waals surface area contributed by atoms with Crippen LogP contribution in [0, 0.1) is 0 Å². The molecule has 10 heteroatoms. The summed E-state index contributed by atoms with van der Waals surface area (Å²) in [5.74, 6) is -0.557. The van der Waals surface area contributed by atoms with E-state index in [-0.39, 0.29) is 24.9 Å². The van der Waals surface area contributed by atoms with Crippen molar-refractivity contribution in [3.63, 3.8) is 0 Å². The van der Waals surface area contributed by atoms with E-state index >= 15 is 0 Å². The van der Waals surface area contributed by atoms with Gasteiger partial charge in [-0.2, -0.15) is 0 Å². The normalized spacial score (nSPS) is 14.2. The van der Waals surface area contributed by atoms with Gasteiger partial charge in [0.25, 0.3) is 7.82 Å². The number of carbonyl (C=O) groups is 2. The minimum Gasteiger partial charge on any atom is -0.756 e. The van der Waals surface area contributed by atoms with Crippen LogP contribution in [0.2, 0.25) is 0 Å². The Morgan fingerprint density at radius 1 is 0.443 bits per heavy atom. The second-order valence-corrected chi connectivity index (χ2v) is 24.7. The third-order valence-corrected chi connectivity index (χ3v) is 15.3. The van der Waals surface area contributed by atoms with Gasteiger partial charge in [-0.1, -0.05) is 254 Å². The van der Waals surface area contributed by atoms with Gasteiger partial charge in [-0.3, -0.25) is 14.2 Å². The first-order valence-electron chi connectivity index (χ1n) is 32.9. The molecule has 1 amide bonds. The molecule has 0 radical (unpaired) electrons. The van der Waals surface area contributed by atoms with Crippen LogP contribution >= 0.6 is 7.82 Å². The molecule has 0 heterocycles. The van der Waals surface area contributed by atoms with E-state index in [1.165, 1.54) is 148 Å². The number of nitrogens with one attached hydrogen (secondary N) is 1. The number of unbranched alkanes of at least 4 members (excludes halogenated alkanes) is 31. The van der Waals surface area contributed by atoms with E-state index in [1.54, 1.807) is 0 Å². The van der Waals surface area contributed by atoms with Crippen molar-refractivity contribution in [2.45, 2.75) is 303 Å². The third kappa shape index (κ3) is 59.6. The van der Waals surface area contributed by atoms with Gasteiger partial charge < -0.3 is 28.5 Å². The Morgan fingerprint density at radius 2 is 0.772 bits per heavy atom. The molecule has 0 saturated carbocycles. The van der Waals surface area contributed by atoms with Crippen LogP contribution in [0.5, 0.6) is 0 Å². The molecular weight excluding hydrogens is 1000 g/mol. The third-order valence-electron chi connectivity index (χ3n) is 14.3. The van der Waals surface area contributed by atoms with Gasteiger partial charge in [0.1, 0.15) is 19.3 Å². The summed E-state index contributed by atoms with van der Waals surface area (Å²) in [6, 6.07) is -0.899. The molecule has 0 spiro atoms. The number of ether oxygens (including phenoxy) is 1. The molecule has 0 rings (SSSR count). The minimum atomic E-state index is -4.71. The van der Waals surface area contributed by atoms with E-state index in [0.717, 1.165) is 103 Å². The van der Waals surface area contributed by atoms with Crippen molar-refractivity contribution in [3.8, 4) is 0 Å². The Bertz CT molecular complexity index is 1630. The smallest absolute Gasteiger partial charge is 0.306 e. The highest BCUT2D eigenvalue weighted by Gasteiger charge is 2.27. The van der Waals surface area contributed by atoms with Gasteiger partial charge in [-0.25, -0.2) is 0 Å². The molecule has 3 atom stereocenters. The van der Waals surface area contributed by atoms with Crippen molar-refractivity contribution in [1.29, 1.82) is 0 Å². The Labute approximate surface area is 488 Å². The van der Waals surface area contributed by atoms with Gasteiger partial charge in [0.2, 0.25) is 5.91 Å². The van der Waals surface area contributed by atoms with Crippen LogP contribution in [-0.4, -0.2) is 69.4 Å². The molecular formula is C69H125N2O7P. The van der Waals surface area contributed by atoms with Crippen molar-refractivity contribution in [1.82, 2.24) is 5.32 Å². The summed E-state index contributed by atoms with van der Waals surface area (Å²) in [4.78, 5) is 40.1. The summed E-state index contributed by atoms with van der Waals surface area (Å²) in [6.45, 7) is 6.78. The second-order valence-electron chi connectivity index (χ2n) is 23.3. The Hall–Kier alpha value is -2.81. The molecule has 0 aromatic carbocycles. The zero-order valence-electron chi connectivity index (χ0n) is 52.3. The fraction of sp³-hybridized carbons (Fsp3) is 0.768. The topological polar surface area (TPSA) is 114 Å². The number of hydrogen-bond acceptors (Lipinski definition) is 7. The van der Waals surface area contributed by atoms with Crippen LogP contribution in [0.15, 0.2) is 85.1 Å². The van der Waals surface area contributed by atoms with E-state index in [4.69, 9.17) is 13.8 Å². The van der Waals surface area contributed by atoms with Gasteiger partial charge in [0.15, 0.2) is 0 Å². The van der Waals surface area contributed by atoms with Gasteiger partial charge in [0.05, 0.1) is 33.8 Å². The molecule has 79 heavy (non-hydrogen) atoms. The lowest BCUT2D eigenvalue weighted by Crippen LogP contribution is -2.47. The van der Waals surface area contributed by atoms with E-state index in [1.807, 2.05) is 33.3 Å². The van der Waals surface area contributed by atoms with Crippen LogP contribution in [0.4, 0.5) is 0 Å². The molecule has 0 bridgehead atoms. The predicted octanol–water partition coefficient (Wildman–Crippen LogP) is 19.9. The van der Waals surface area contributed by atoms with Crippen molar-refractivity contribution in [2.75, 3.05) is 40.9 Å². The van der Waals surface area contributed by atoms with Crippen LogP contribution < -0.4 is 10.2 Å². The number of nitrogens with zero attached hydrogens (tertiary/aromatic N) is 1. The maximum absolute atomic E-state index is 13.5. The van der Waals surface area contributed by atoms with Crippen molar-refractivity contribution in [3.05, 3.63) is 85.1 Å². The van der Waals surface area contributed by atoms with Crippen molar-refractivity contribution < 1.29 is 37.3 Å². The SMILES string of the molecule is CCCCC/C=C\C/C=C\C/C=C\C/C=C\CCCCCCCCCC(=O)OC(/C=C/CCCCCCCCCCC)C(COP(=O)([O-])OCC[N+](C)(C)C)NC(=O)CCCCCCCCCCC/C=C\C/C=C\CCCCC. The second kappa shape index (κ2) is 58.4. The van der Waals surface area contributed by atoms with Gasteiger partial charge >= 0.3 is 5.97 Å². The number of carbonyl (C=O) groups excluding carboxylic acids is 2. The summed E-state index contributed by atoms with van der Waals surface area (Å²) in [6.07, 6.45) is 76.9. The number of phosphoric acid groups is 1. The van der Waals surface area contributed by atoms with Gasteiger partial charge in [0, 0.05) is 12.8 Å². The first-order chi connectivity index (χ1) is 38.4. The van der Waals surface area contributed by atoms with E-state index < -0.39 is 26.6 Å². The van der Waals surface area contributed by atoms with E-state index in [9.17, 15) is 19.0 Å². The summed E-state index contributed by atoms with van der Waals surface area (Å²) in [5.41, 5.74) is 0. The minimum absolute atomic E-state index is 0.0281.